The van der Waals surface area contributed by atoms with Crippen LogP contribution in [0.4, 0.5) is 0 Å². The van der Waals surface area contributed by atoms with Crippen molar-refractivity contribution < 1.29 is 9.90 Å². The lowest BCUT2D eigenvalue weighted by Crippen LogP contribution is -2.51. The van der Waals surface area contributed by atoms with Gasteiger partial charge in [0.05, 0.1) is 6.42 Å². The number of hydrogen-bond donors (Lipinski definition) is 1. The SMILES string of the molecule is C#C[C@@H]1CC(=O)N1CO. The third-order valence-electron chi connectivity index (χ3n) is 1.41. The molecule has 0 spiro atoms. The van der Waals surface area contributed by atoms with Gasteiger partial charge in [-0.2, -0.15) is 0 Å². The fraction of sp³-hybridized carbons (Fsp3) is 0.500. The van der Waals surface area contributed by atoms with Gasteiger partial charge in [-0.1, -0.05) is 5.92 Å². The number of terminal acetylenes is 1. The molecule has 9 heavy (non-hydrogen) atoms. The van der Waals surface area contributed by atoms with E-state index in [4.69, 9.17) is 11.5 Å². The van der Waals surface area contributed by atoms with Crippen LogP contribution in [0.3, 0.4) is 0 Å². The Kier molecular flexibility index (Phi) is 1.41. The average Bonchev–Trinajstić information content (AvgIpc) is 1.83. The molecule has 0 bridgehead atoms. The Hall–Kier alpha value is -1.01. The van der Waals surface area contributed by atoms with Gasteiger partial charge in [-0.15, -0.1) is 6.42 Å². The summed E-state index contributed by atoms with van der Waals surface area (Å²) in [5.41, 5.74) is 0. The summed E-state index contributed by atoms with van der Waals surface area (Å²) in [4.78, 5) is 11.8. The zero-order valence-corrected chi connectivity index (χ0v) is 4.87. The molecule has 0 aliphatic carbocycles. The molecule has 48 valence electrons. The molecule has 0 radical (unpaired) electrons. The molecule has 0 aromatic carbocycles. The Morgan fingerprint density at radius 2 is 2.67 bits per heavy atom. The van der Waals surface area contributed by atoms with Crippen molar-refractivity contribution in [1.82, 2.24) is 4.90 Å². The van der Waals surface area contributed by atoms with Crippen LogP contribution in [0.25, 0.3) is 0 Å². The molecule has 0 aromatic rings. The Balaban J connectivity index is 2.50. The molecule has 1 amide bonds. The number of likely N-dealkylation sites (tertiary alicyclic amines) is 1. The zero-order valence-electron chi connectivity index (χ0n) is 4.87. The molecule has 1 aliphatic heterocycles. The summed E-state index contributed by atoms with van der Waals surface area (Å²) >= 11 is 0. The van der Waals surface area contributed by atoms with Gasteiger partial charge in [0.15, 0.2) is 0 Å². The van der Waals surface area contributed by atoms with Crippen molar-refractivity contribution in [1.29, 1.82) is 0 Å². The van der Waals surface area contributed by atoms with Gasteiger partial charge in [0, 0.05) is 0 Å². The van der Waals surface area contributed by atoms with Crippen LogP contribution < -0.4 is 0 Å². The third-order valence-corrected chi connectivity index (χ3v) is 1.41. The molecule has 1 N–H and O–H groups in total. The summed E-state index contributed by atoms with van der Waals surface area (Å²) in [6, 6.07) is -0.164. The fourth-order valence-electron chi connectivity index (χ4n) is 0.781. The van der Waals surface area contributed by atoms with Crippen LogP contribution in [-0.4, -0.2) is 28.7 Å². The minimum absolute atomic E-state index is 0.0690. The van der Waals surface area contributed by atoms with E-state index in [1.54, 1.807) is 0 Å². The van der Waals surface area contributed by atoms with Crippen LogP contribution in [0.1, 0.15) is 6.42 Å². The molecular formula is C6H7NO2. The molecule has 0 saturated carbocycles. The van der Waals surface area contributed by atoms with Gasteiger partial charge >= 0.3 is 0 Å². The number of aliphatic hydroxyl groups is 1. The van der Waals surface area contributed by atoms with Crippen molar-refractivity contribution in [2.45, 2.75) is 12.5 Å². The van der Waals surface area contributed by atoms with E-state index in [0.29, 0.717) is 6.42 Å². The molecule has 1 heterocycles. The Labute approximate surface area is 53.3 Å². The molecule has 1 fully saturated rings. The minimum Gasteiger partial charge on any atom is -0.376 e. The summed E-state index contributed by atoms with van der Waals surface area (Å²) in [7, 11) is 0. The molecule has 1 aliphatic rings. The fourth-order valence-corrected chi connectivity index (χ4v) is 0.781. The Morgan fingerprint density at radius 3 is 2.89 bits per heavy atom. The monoisotopic (exact) mass is 125 g/mol. The second-order valence-electron chi connectivity index (χ2n) is 1.89. The summed E-state index contributed by atoms with van der Waals surface area (Å²) in [6.07, 6.45) is 5.39. The molecule has 3 nitrogen and oxygen atoms in total. The molecule has 1 atom stereocenters. The topological polar surface area (TPSA) is 40.5 Å². The number of rotatable bonds is 1. The number of aliphatic hydroxyl groups excluding tert-OH is 1. The van der Waals surface area contributed by atoms with E-state index < -0.39 is 0 Å². The van der Waals surface area contributed by atoms with E-state index in [9.17, 15) is 4.79 Å². The molecule has 0 aromatic heterocycles. The first-order chi connectivity index (χ1) is 4.29. The lowest BCUT2D eigenvalue weighted by molar-refractivity contribution is -0.148. The standard InChI is InChI=1S/C6H7NO2/c1-2-5-3-6(9)7(5)4-8/h1,5,8H,3-4H2/t5-/m1/s1. The molecule has 1 rings (SSSR count). The molecule has 0 unspecified atom stereocenters. The Bertz CT molecular complexity index is 170. The van der Waals surface area contributed by atoms with Crippen molar-refractivity contribution in [3.8, 4) is 12.3 Å². The van der Waals surface area contributed by atoms with Gasteiger partial charge in [-0.25, -0.2) is 0 Å². The van der Waals surface area contributed by atoms with E-state index >= 15 is 0 Å². The largest absolute Gasteiger partial charge is 0.376 e. The number of carbonyl (C=O) groups excluding carboxylic acids is 1. The van der Waals surface area contributed by atoms with Crippen molar-refractivity contribution in [2.75, 3.05) is 6.73 Å². The first kappa shape index (κ1) is 6.12. The molecular weight excluding hydrogens is 118 g/mol. The van der Waals surface area contributed by atoms with E-state index in [-0.39, 0.29) is 18.7 Å². The highest BCUT2D eigenvalue weighted by Gasteiger charge is 2.33. The van der Waals surface area contributed by atoms with Crippen LogP contribution in [0, 0.1) is 12.3 Å². The normalized spacial score (nSPS) is 25.1. The molecule has 3 heteroatoms. The zero-order chi connectivity index (χ0) is 6.85. The van der Waals surface area contributed by atoms with Crippen LogP contribution in [0.15, 0.2) is 0 Å². The quantitative estimate of drug-likeness (QED) is 0.367. The summed E-state index contributed by atoms with van der Waals surface area (Å²) in [6.45, 7) is -0.256. The predicted molar refractivity (Wildman–Crippen MR) is 31.2 cm³/mol. The van der Waals surface area contributed by atoms with Crippen LogP contribution >= 0.6 is 0 Å². The highest BCUT2D eigenvalue weighted by atomic mass is 16.3. The highest BCUT2D eigenvalue weighted by molar-refractivity contribution is 5.84. The summed E-state index contributed by atoms with van der Waals surface area (Å²) in [5, 5.41) is 8.47. The highest BCUT2D eigenvalue weighted by Crippen LogP contribution is 2.16. The van der Waals surface area contributed by atoms with E-state index in [2.05, 4.69) is 5.92 Å². The number of amides is 1. The minimum atomic E-state index is -0.256. The van der Waals surface area contributed by atoms with E-state index in [1.165, 1.54) is 4.90 Å². The summed E-state index contributed by atoms with van der Waals surface area (Å²) < 4.78 is 0. The van der Waals surface area contributed by atoms with Gasteiger partial charge < -0.3 is 10.0 Å². The van der Waals surface area contributed by atoms with Crippen molar-refractivity contribution in [3.05, 3.63) is 0 Å². The maximum Gasteiger partial charge on any atom is 0.228 e. The Morgan fingerprint density at radius 1 is 2.00 bits per heavy atom. The predicted octanol–water partition coefficient (Wildman–Crippen LogP) is -0.830. The number of carbonyl (C=O) groups is 1. The van der Waals surface area contributed by atoms with Gasteiger partial charge in [-0.05, 0) is 0 Å². The lowest BCUT2D eigenvalue weighted by Gasteiger charge is -2.34. The first-order valence-corrected chi connectivity index (χ1v) is 2.66. The van der Waals surface area contributed by atoms with E-state index in [1.807, 2.05) is 0 Å². The van der Waals surface area contributed by atoms with Gasteiger partial charge in [-0.3, -0.25) is 4.79 Å². The first-order valence-electron chi connectivity index (χ1n) is 2.66. The van der Waals surface area contributed by atoms with Crippen LogP contribution in [-0.2, 0) is 4.79 Å². The number of β-lactam (4-membered cyclic amide) rings is 1. The van der Waals surface area contributed by atoms with Crippen LogP contribution in [0.5, 0.6) is 0 Å². The lowest BCUT2D eigenvalue weighted by atomic mass is 10.0. The third kappa shape index (κ3) is 0.775. The second-order valence-corrected chi connectivity index (χ2v) is 1.89. The number of hydrogen-bond acceptors (Lipinski definition) is 2. The van der Waals surface area contributed by atoms with Crippen molar-refractivity contribution in [3.63, 3.8) is 0 Å². The van der Waals surface area contributed by atoms with Gasteiger partial charge in [0.1, 0.15) is 12.8 Å². The molecule has 1 saturated heterocycles. The van der Waals surface area contributed by atoms with Gasteiger partial charge in [0.25, 0.3) is 0 Å². The van der Waals surface area contributed by atoms with Crippen molar-refractivity contribution in [2.24, 2.45) is 0 Å². The maximum atomic E-state index is 10.5. The summed E-state index contributed by atoms with van der Waals surface area (Å²) in [5.74, 6) is 2.31. The average molecular weight is 125 g/mol. The maximum absolute atomic E-state index is 10.5. The van der Waals surface area contributed by atoms with Crippen molar-refractivity contribution >= 4 is 5.91 Å². The van der Waals surface area contributed by atoms with E-state index in [0.717, 1.165) is 0 Å². The van der Waals surface area contributed by atoms with Gasteiger partial charge in [0.2, 0.25) is 5.91 Å². The smallest absolute Gasteiger partial charge is 0.228 e. The second kappa shape index (κ2) is 2.08. The number of nitrogens with zero attached hydrogens (tertiary/aromatic N) is 1. The van der Waals surface area contributed by atoms with Crippen LogP contribution in [0.2, 0.25) is 0 Å².